The Kier molecular flexibility index (Phi) is 5.91. The summed E-state index contributed by atoms with van der Waals surface area (Å²) in [6.45, 7) is 2.04. The first kappa shape index (κ1) is 16.9. The number of benzene rings is 1. The monoisotopic (exact) mass is 304 g/mol. The van der Waals surface area contributed by atoms with Crippen molar-refractivity contribution in [1.82, 2.24) is 9.62 Å². The molecule has 1 aromatic rings. The van der Waals surface area contributed by atoms with Gasteiger partial charge in [-0.05, 0) is 13.0 Å². The zero-order valence-electron chi connectivity index (χ0n) is 12.2. The molecule has 0 fully saturated rings. The minimum absolute atomic E-state index is 0.0257. The molecular formula is C13H21FN2O3S. The number of ether oxygens (including phenoxy) is 1. The number of nitrogens with one attached hydrogen (secondary N) is 1. The van der Waals surface area contributed by atoms with Gasteiger partial charge in [-0.1, -0.05) is 6.07 Å². The first-order chi connectivity index (χ1) is 9.27. The molecule has 0 aromatic heterocycles. The average Bonchev–Trinajstić information content (AvgIpc) is 2.37. The van der Waals surface area contributed by atoms with Gasteiger partial charge in [-0.25, -0.2) is 17.1 Å². The lowest BCUT2D eigenvalue weighted by atomic mass is 10.1. The lowest BCUT2D eigenvalue weighted by Gasteiger charge is -2.17. The highest BCUT2D eigenvalue weighted by molar-refractivity contribution is 7.89. The second-order valence-corrected chi connectivity index (χ2v) is 6.96. The van der Waals surface area contributed by atoms with Crippen molar-refractivity contribution in [2.45, 2.75) is 13.0 Å². The van der Waals surface area contributed by atoms with Gasteiger partial charge in [0.2, 0.25) is 10.0 Å². The number of nitrogens with zero attached hydrogens (tertiary/aromatic N) is 1. The number of methoxy groups -OCH3 is 1. The molecule has 1 unspecified atom stereocenters. The van der Waals surface area contributed by atoms with Gasteiger partial charge in [-0.3, -0.25) is 0 Å². The normalized spacial score (nSPS) is 13.5. The first-order valence-corrected chi connectivity index (χ1v) is 7.86. The van der Waals surface area contributed by atoms with Gasteiger partial charge in [0, 0.05) is 38.3 Å². The van der Waals surface area contributed by atoms with Crippen LogP contribution in [0.3, 0.4) is 0 Å². The third-order valence-electron chi connectivity index (χ3n) is 3.04. The molecule has 7 heteroatoms. The van der Waals surface area contributed by atoms with E-state index < -0.39 is 10.0 Å². The van der Waals surface area contributed by atoms with E-state index in [0.717, 1.165) is 0 Å². The van der Waals surface area contributed by atoms with Crippen LogP contribution in [0, 0.1) is 5.82 Å². The highest BCUT2D eigenvalue weighted by atomic mass is 32.2. The largest absolute Gasteiger partial charge is 0.497 e. The third-order valence-corrected chi connectivity index (χ3v) is 4.87. The van der Waals surface area contributed by atoms with Crippen molar-refractivity contribution in [2.24, 2.45) is 0 Å². The molecule has 20 heavy (non-hydrogen) atoms. The Bertz CT molecular complexity index is 547. The molecular weight excluding hydrogens is 283 g/mol. The summed E-state index contributed by atoms with van der Waals surface area (Å²) in [6.07, 6.45) is 0. The lowest BCUT2D eigenvalue weighted by Crippen LogP contribution is -2.32. The van der Waals surface area contributed by atoms with E-state index in [0.29, 0.717) is 11.3 Å². The Balaban J connectivity index is 2.62. The van der Waals surface area contributed by atoms with Crippen molar-refractivity contribution in [2.75, 3.05) is 33.5 Å². The summed E-state index contributed by atoms with van der Waals surface area (Å²) in [5.74, 6) is 0.0516. The smallest absolute Gasteiger partial charge is 0.214 e. The fourth-order valence-corrected chi connectivity index (χ4v) is 2.42. The summed E-state index contributed by atoms with van der Waals surface area (Å²) < 4.78 is 43.1. The van der Waals surface area contributed by atoms with Crippen LogP contribution in [0.25, 0.3) is 0 Å². The van der Waals surface area contributed by atoms with Crippen LogP contribution in [0.1, 0.15) is 18.5 Å². The average molecular weight is 304 g/mol. The lowest BCUT2D eigenvalue weighted by molar-refractivity contribution is 0.409. The number of rotatable bonds is 7. The van der Waals surface area contributed by atoms with Crippen LogP contribution in [0.2, 0.25) is 0 Å². The maximum absolute atomic E-state index is 13.8. The Morgan fingerprint density at radius 3 is 2.55 bits per heavy atom. The maximum atomic E-state index is 13.8. The van der Waals surface area contributed by atoms with Gasteiger partial charge in [-0.15, -0.1) is 0 Å². The molecule has 0 radical (unpaired) electrons. The zero-order valence-corrected chi connectivity index (χ0v) is 13.0. The summed E-state index contributed by atoms with van der Waals surface area (Å²) in [7, 11) is 1.21. The van der Waals surface area contributed by atoms with E-state index in [4.69, 9.17) is 4.74 Å². The molecule has 0 amide bonds. The van der Waals surface area contributed by atoms with Crippen LogP contribution in [-0.4, -0.2) is 46.2 Å². The van der Waals surface area contributed by atoms with Crippen LogP contribution >= 0.6 is 0 Å². The van der Waals surface area contributed by atoms with Crippen LogP contribution in [0.15, 0.2) is 18.2 Å². The molecule has 0 bridgehead atoms. The molecule has 1 N–H and O–H groups in total. The van der Waals surface area contributed by atoms with Gasteiger partial charge >= 0.3 is 0 Å². The summed E-state index contributed by atoms with van der Waals surface area (Å²) >= 11 is 0. The van der Waals surface area contributed by atoms with Crippen LogP contribution < -0.4 is 10.1 Å². The van der Waals surface area contributed by atoms with Crippen LogP contribution in [0.5, 0.6) is 5.75 Å². The molecule has 5 nitrogen and oxygen atoms in total. The predicted octanol–water partition coefficient (Wildman–Crippen LogP) is 1.38. The van der Waals surface area contributed by atoms with Gasteiger partial charge in [0.1, 0.15) is 11.6 Å². The minimum Gasteiger partial charge on any atom is -0.497 e. The topological polar surface area (TPSA) is 58.6 Å². The van der Waals surface area contributed by atoms with E-state index >= 15 is 0 Å². The zero-order chi connectivity index (χ0) is 15.3. The second-order valence-electron chi connectivity index (χ2n) is 4.66. The quantitative estimate of drug-likeness (QED) is 0.827. The number of sulfonamides is 1. The highest BCUT2D eigenvalue weighted by Crippen LogP contribution is 2.21. The molecule has 0 spiro atoms. The fourth-order valence-electron chi connectivity index (χ4n) is 1.68. The van der Waals surface area contributed by atoms with Crippen molar-refractivity contribution in [3.05, 3.63) is 29.6 Å². The number of halogens is 1. The van der Waals surface area contributed by atoms with Gasteiger partial charge in [0.25, 0.3) is 0 Å². The molecule has 0 aliphatic rings. The van der Waals surface area contributed by atoms with E-state index in [1.54, 1.807) is 19.1 Å². The summed E-state index contributed by atoms with van der Waals surface area (Å²) in [5, 5.41) is 3.00. The van der Waals surface area contributed by atoms with Crippen molar-refractivity contribution in [3.63, 3.8) is 0 Å². The SMILES string of the molecule is COc1ccc(C(C)NCCS(=O)(=O)N(C)C)c(F)c1. The molecule has 0 aliphatic carbocycles. The maximum Gasteiger partial charge on any atom is 0.214 e. The molecule has 0 saturated carbocycles. The van der Waals surface area contributed by atoms with Crippen molar-refractivity contribution >= 4 is 10.0 Å². The molecule has 1 aromatic carbocycles. The Hall–Kier alpha value is -1.18. The molecule has 1 atom stereocenters. The molecule has 0 saturated heterocycles. The van der Waals surface area contributed by atoms with Crippen molar-refractivity contribution < 1.29 is 17.5 Å². The van der Waals surface area contributed by atoms with Crippen LogP contribution in [0.4, 0.5) is 4.39 Å². The number of hydrogen-bond donors (Lipinski definition) is 1. The highest BCUT2D eigenvalue weighted by Gasteiger charge is 2.15. The molecule has 0 heterocycles. The van der Waals surface area contributed by atoms with Crippen molar-refractivity contribution in [1.29, 1.82) is 0 Å². The summed E-state index contributed by atoms with van der Waals surface area (Å²) in [5.41, 5.74) is 0.480. The molecule has 114 valence electrons. The van der Waals surface area contributed by atoms with Gasteiger partial charge in [0.15, 0.2) is 0 Å². The molecule has 1 rings (SSSR count). The van der Waals surface area contributed by atoms with E-state index in [1.165, 1.54) is 31.6 Å². The summed E-state index contributed by atoms with van der Waals surface area (Å²) in [4.78, 5) is 0. The third kappa shape index (κ3) is 4.43. The minimum atomic E-state index is -3.24. The van der Waals surface area contributed by atoms with E-state index in [1.807, 2.05) is 0 Å². The Morgan fingerprint density at radius 2 is 2.05 bits per heavy atom. The molecule has 0 aliphatic heterocycles. The van der Waals surface area contributed by atoms with Crippen molar-refractivity contribution in [3.8, 4) is 5.75 Å². The predicted molar refractivity (Wildman–Crippen MR) is 76.8 cm³/mol. The van der Waals surface area contributed by atoms with Gasteiger partial charge in [0.05, 0.1) is 12.9 Å². The summed E-state index contributed by atoms with van der Waals surface area (Å²) in [6, 6.07) is 4.34. The van der Waals surface area contributed by atoms with Gasteiger partial charge in [-0.2, -0.15) is 0 Å². The van der Waals surface area contributed by atoms with E-state index in [-0.39, 0.29) is 24.2 Å². The first-order valence-electron chi connectivity index (χ1n) is 6.25. The fraction of sp³-hybridized carbons (Fsp3) is 0.538. The Labute approximate surface area is 119 Å². The second kappa shape index (κ2) is 7.01. The standard InChI is InChI=1S/C13H21FN2O3S/c1-10(15-7-8-20(17,18)16(2)3)12-6-5-11(19-4)9-13(12)14/h5-6,9-10,15H,7-8H2,1-4H3. The van der Waals surface area contributed by atoms with Gasteiger partial charge < -0.3 is 10.1 Å². The van der Waals surface area contributed by atoms with E-state index in [9.17, 15) is 12.8 Å². The number of hydrogen-bond acceptors (Lipinski definition) is 4. The van der Waals surface area contributed by atoms with Crippen LogP contribution in [-0.2, 0) is 10.0 Å². The Morgan fingerprint density at radius 1 is 1.40 bits per heavy atom. The van der Waals surface area contributed by atoms with E-state index in [2.05, 4.69) is 5.32 Å².